The Hall–Kier alpha value is -0.400. The number of hydrogen-bond acceptors (Lipinski definition) is 1. The molecule has 0 saturated carbocycles. The summed E-state index contributed by atoms with van der Waals surface area (Å²) in [6.07, 6.45) is 0.640. The first-order chi connectivity index (χ1) is 4.31. The lowest BCUT2D eigenvalue weighted by atomic mass is 10.4. The fourth-order valence-electron chi connectivity index (χ4n) is 0.283. The molecule has 0 amide bonds. The lowest BCUT2D eigenvalue weighted by Crippen LogP contribution is -1.86. The summed E-state index contributed by atoms with van der Waals surface area (Å²) < 4.78 is -0.0277. The van der Waals surface area contributed by atoms with Crippen LogP contribution in [0.4, 0.5) is 0 Å². The van der Waals surface area contributed by atoms with Crippen LogP contribution in [0.15, 0.2) is 5.11 Å². The van der Waals surface area contributed by atoms with Crippen LogP contribution in [0.1, 0.15) is 13.3 Å². The van der Waals surface area contributed by atoms with Crippen LogP contribution in [-0.4, -0.2) is 4.05 Å². The van der Waals surface area contributed by atoms with E-state index < -0.39 is 0 Å². The number of rotatable bonds is 2. The van der Waals surface area contributed by atoms with Gasteiger partial charge in [0.1, 0.15) is 4.05 Å². The normalized spacial score (nSPS) is 10.4. The highest BCUT2D eigenvalue weighted by molar-refractivity contribution is 14.1. The van der Waals surface area contributed by atoms with E-state index in [1.54, 1.807) is 6.92 Å². The third-order valence-electron chi connectivity index (χ3n) is 0.624. The van der Waals surface area contributed by atoms with Crippen molar-refractivity contribution in [1.29, 1.82) is 0 Å². The van der Waals surface area contributed by atoms with E-state index in [4.69, 9.17) is 5.53 Å². The molecule has 48 valence electrons. The first kappa shape index (κ1) is 8.60. The molecule has 0 spiro atoms. The third kappa shape index (κ3) is 5.47. The summed E-state index contributed by atoms with van der Waals surface area (Å²) in [7, 11) is 0. The Kier molecular flexibility index (Phi) is 5.48. The van der Waals surface area contributed by atoms with E-state index in [0.717, 1.165) is 0 Å². The molecule has 0 bridgehead atoms. The van der Waals surface area contributed by atoms with Crippen molar-refractivity contribution in [2.24, 2.45) is 5.11 Å². The van der Waals surface area contributed by atoms with Gasteiger partial charge in [0.2, 0.25) is 0 Å². The summed E-state index contributed by atoms with van der Waals surface area (Å²) in [6.45, 7) is 1.76. The van der Waals surface area contributed by atoms with Gasteiger partial charge in [-0.15, -0.1) is 11.8 Å². The van der Waals surface area contributed by atoms with Crippen molar-refractivity contribution in [1.82, 2.24) is 0 Å². The van der Waals surface area contributed by atoms with E-state index >= 15 is 0 Å². The number of nitrogens with zero attached hydrogens (tertiary/aromatic N) is 3. The number of hydrogen-bond donors (Lipinski definition) is 0. The van der Waals surface area contributed by atoms with Crippen LogP contribution in [0, 0.1) is 11.8 Å². The maximum atomic E-state index is 7.94. The summed E-state index contributed by atoms with van der Waals surface area (Å²) in [6, 6.07) is 0. The summed E-state index contributed by atoms with van der Waals surface area (Å²) in [5.41, 5.74) is 7.94. The second-order valence-electron chi connectivity index (χ2n) is 1.27. The van der Waals surface area contributed by atoms with E-state index in [9.17, 15) is 0 Å². The molecular formula is C5H6IN3. The molecule has 0 rings (SSSR count). The zero-order valence-electron chi connectivity index (χ0n) is 5.00. The highest BCUT2D eigenvalue weighted by Gasteiger charge is 1.93. The second-order valence-corrected chi connectivity index (χ2v) is 2.71. The first-order valence-corrected chi connectivity index (χ1v) is 3.63. The molecule has 9 heavy (non-hydrogen) atoms. The zero-order chi connectivity index (χ0) is 7.11. The maximum Gasteiger partial charge on any atom is 0.100 e. The molecule has 0 radical (unpaired) electrons. The SMILES string of the molecule is CC#CCC(I)N=[N+]=[N-]. The van der Waals surface area contributed by atoms with E-state index in [0.29, 0.717) is 6.42 Å². The molecule has 0 heterocycles. The minimum atomic E-state index is -0.0277. The molecule has 0 N–H and O–H groups in total. The van der Waals surface area contributed by atoms with E-state index in [2.05, 4.69) is 21.9 Å². The fraction of sp³-hybridized carbons (Fsp3) is 0.600. The predicted octanol–water partition coefficient (Wildman–Crippen LogP) is 2.47. The van der Waals surface area contributed by atoms with Gasteiger partial charge in [-0.05, 0) is 12.5 Å². The molecule has 4 heteroatoms. The highest BCUT2D eigenvalue weighted by atomic mass is 127. The summed E-state index contributed by atoms with van der Waals surface area (Å²) in [4.78, 5) is 2.64. The Morgan fingerprint density at radius 2 is 2.56 bits per heavy atom. The van der Waals surface area contributed by atoms with Gasteiger partial charge in [-0.2, -0.15) is 0 Å². The molecule has 0 aromatic carbocycles. The van der Waals surface area contributed by atoms with Crippen molar-refractivity contribution in [2.75, 3.05) is 0 Å². The molecule has 0 aromatic heterocycles. The summed E-state index contributed by atoms with van der Waals surface area (Å²) in [5.74, 6) is 5.53. The first-order valence-electron chi connectivity index (χ1n) is 2.39. The Morgan fingerprint density at radius 1 is 1.89 bits per heavy atom. The second kappa shape index (κ2) is 5.73. The standard InChI is InChI=1S/C5H6IN3/c1-2-3-4-5(6)8-9-7/h5H,4H2,1H3. The van der Waals surface area contributed by atoms with Gasteiger partial charge in [-0.1, -0.05) is 27.7 Å². The van der Waals surface area contributed by atoms with Crippen molar-refractivity contribution in [3.63, 3.8) is 0 Å². The van der Waals surface area contributed by atoms with Crippen LogP contribution in [0.5, 0.6) is 0 Å². The van der Waals surface area contributed by atoms with Gasteiger partial charge in [0.05, 0.1) is 0 Å². The summed E-state index contributed by atoms with van der Waals surface area (Å²) in [5, 5.41) is 3.43. The number of azide groups is 1. The Bertz CT molecular complexity index is 172. The minimum absolute atomic E-state index is 0.0277. The topological polar surface area (TPSA) is 48.8 Å². The van der Waals surface area contributed by atoms with Gasteiger partial charge >= 0.3 is 0 Å². The molecule has 1 atom stereocenters. The Balaban J connectivity index is 3.58. The smallest absolute Gasteiger partial charge is 0.100 e. The fourth-order valence-corrected chi connectivity index (χ4v) is 0.615. The third-order valence-corrected chi connectivity index (χ3v) is 1.31. The van der Waals surface area contributed by atoms with Crippen molar-refractivity contribution in [2.45, 2.75) is 17.4 Å². The van der Waals surface area contributed by atoms with E-state index in [1.807, 2.05) is 22.6 Å². The molecular weight excluding hydrogens is 229 g/mol. The molecule has 0 aliphatic heterocycles. The average Bonchev–Trinajstić information content (AvgIpc) is 1.85. The van der Waals surface area contributed by atoms with Gasteiger partial charge in [0.25, 0.3) is 0 Å². The van der Waals surface area contributed by atoms with Crippen molar-refractivity contribution in [3.8, 4) is 11.8 Å². The van der Waals surface area contributed by atoms with Crippen LogP contribution in [0.25, 0.3) is 10.4 Å². The lowest BCUT2D eigenvalue weighted by Gasteiger charge is -1.90. The van der Waals surface area contributed by atoms with Crippen molar-refractivity contribution >= 4 is 22.6 Å². The van der Waals surface area contributed by atoms with Gasteiger partial charge in [-0.3, -0.25) is 0 Å². The molecule has 0 aliphatic carbocycles. The summed E-state index contributed by atoms with van der Waals surface area (Å²) >= 11 is 2.04. The van der Waals surface area contributed by atoms with Crippen LogP contribution < -0.4 is 0 Å². The molecule has 0 aromatic rings. The number of halogens is 1. The van der Waals surface area contributed by atoms with Gasteiger partial charge in [0, 0.05) is 11.3 Å². The molecule has 0 fully saturated rings. The monoisotopic (exact) mass is 235 g/mol. The van der Waals surface area contributed by atoms with E-state index in [-0.39, 0.29) is 4.05 Å². The van der Waals surface area contributed by atoms with Crippen molar-refractivity contribution < 1.29 is 0 Å². The zero-order valence-corrected chi connectivity index (χ0v) is 7.16. The lowest BCUT2D eigenvalue weighted by molar-refractivity contribution is 0.977. The molecule has 3 nitrogen and oxygen atoms in total. The van der Waals surface area contributed by atoms with Gasteiger partial charge in [0.15, 0.2) is 0 Å². The quantitative estimate of drug-likeness (QED) is 0.134. The van der Waals surface area contributed by atoms with Crippen LogP contribution in [0.2, 0.25) is 0 Å². The highest BCUT2D eigenvalue weighted by Crippen LogP contribution is 2.05. The van der Waals surface area contributed by atoms with Gasteiger partial charge in [-0.25, -0.2) is 0 Å². The maximum absolute atomic E-state index is 7.94. The molecule has 1 unspecified atom stereocenters. The van der Waals surface area contributed by atoms with Crippen molar-refractivity contribution in [3.05, 3.63) is 10.4 Å². The molecule has 0 saturated heterocycles. The Labute approximate surface area is 67.6 Å². The number of alkyl halides is 1. The van der Waals surface area contributed by atoms with Crippen LogP contribution in [-0.2, 0) is 0 Å². The molecule has 0 aliphatic rings. The Morgan fingerprint density at radius 3 is 3.00 bits per heavy atom. The van der Waals surface area contributed by atoms with Crippen LogP contribution in [0.3, 0.4) is 0 Å². The largest absolute Gasteiger partial charge is 0.107 e. The van der Waals surface area contributed by atoms with E-state index in [1.165, 1.54) is 0 Å². The predicted molar refractivity (Wildman–Crippen MR) is 45.0 cm³/mol. The average molecular weight is 235 g/mol. The van der Waals surface area contributed by atoms with Gasteiger partial charge < -0.3 is 0 Å². The minimum Gasteiger partial charge on any atom is -0.107 e. The van der Waals surface area contributed by atoms with Crippen LogP contribution >= 0.6 is 22.6 Å².